The molecule has 0 atom stereocenters. The predicted molar refractivity (Wildman–Crippen MR) is 398 cm³/mol. The maximum atomic E-state index is 3.81. The molecule has 25 nitrogen and oxygen atoms in total. The second-order valence-corrected chi connectivity index (χ2v) is 10.4. The van der Waals surface area contributed by atoms with E-state index in [0.29, 0.717) is 5.82 Å². The van der Waals surface area contributed by atoms with E-state index in [4.69, 9.17) is 0 Å². The van der Waals surface area contributed by atoms with Gasteiger partial charge in [-0.25, -0.2) is 39.6 Å². The smallest absolute Gasteiger partial charge is 0.171 e. The molecule has 10 aromatic rings. The Morgan fingerprint density at radius 2 is 0.663 bits per heavy atom. The van der Waals surface area contributed by atoms with Crippen LogP contribution < -0.4 is 0 Å². The van der Waals surface area contributed by atoms with Crippen LogP contribution in [0.15, 0.2) is 166 Å². The van der Waals surface area contributed by atoms with E-state index in [0.717, 1.165) is 5.82 Å². The van der Waals surface area contributed by atoms with Crippen LogP contribution in [0.4, 0.5) is 0 Å². The molecule has 0 saturated carbocycles. The summed E-state index contributed by atoms with van der Waals surface area (Å²) in [6.45, 7) is 67.6. The molecule has 0 radical (unpaired) electrons. The Morgan fingerprint density at radius 1 is 0.293 bits per heavy atom. The number of pyridine rings is 1. The Morgan fingerprint density at radius 3 is 0.772 bits per heavy atom. The van der Waals surface area contributed by atoms with Gasteiger partial charge < -0.3 is 0 Å². The molecule has 0 spiro atoms. The summed E-state index contributed by atoms with van der Waals surface area (Å²) < 4.78 is 8.78. The van der Waals surface area contributed by atoms with Crippen molar-refractivity contribution in [3.63, 3.8) is 0 Å². The van der Waals surface area contributed by atoms with Crippen LogP contribution in [0.1, 0.15) is 233 Å². The summed E-state index contributed by atoms with van der Waals surface area (Å²) >= 11 is 2.70. The van der Waals surface area contributed by atoms with Crippen molar-refractivity contribution in [2.24, 2.45) is 14.1 Å². The van der Waals surface area contributed by atoms with Crippen molar-refractivity contribution in [1.82, 2.24) is 125 Å². The largest absolute Gasteiger partial charge is 0.265 e. The molecule has 0 aromatic carbocycles. The molecule has 0 aliphatic rings. The monoisotopic (exact) mass is 1330 g/mol. The number of hydrogen-bond donors (Lipinski definition) is 0. The van der Waals surface area contributed by atoms with E-state index in [1.165, 1.54) is 72.0 Å². The highest BCUT2D eigenvalue weighted by Gasteiger charge is 1.88. The first-order chi connectivity index (χ1) is 45.6. The molecule has 10 aromatic heterocycles. The second-order valence-electron chi connectivity index (χ2n) is 9.17. The summed E-state index contributed by atoms with van der Waals surface area (Å²) in [4.78, 5) is 37.9. The maximum absolute atomic E-state index is 3.81. The Hall–Kier alpha value is -8.33. The number of rotatable bonds is 0. The van der Waals surface area contributed by atoms with E-state index in [1.807, 2.05) is 264 Å². The Balaban J connectivity index is -0.0000000476. The van der Waals surface area contributed by atoms with Gasteiger partial charge in [0.05, 0.1) is 19.4 Å². The minimum atomic E-state index is 0.711. The summed E-state index contributed by atoms with van der Waals surface area (Å²) in [5, 5.41) is 40.8. The number of aryl methyl sites for hydroxylation is 4. The summed E-state index contributed by atoms with van der Waals surface area (Å²) in [7, 11) is 3.54. The van der Waals surface area contributed by atoms with Gasteiger partial charge in [0, 0.05) is 80.6 Å². The van der Waals surface area contributed by atoms with Gasteiger partial charge in [0.15, 0.2) is 5.82 Å². The third kappa shape index (κ3) is 165. The van der Waals surface area contributed by atoms with Crippen LogP contribution in [0.5, 0.6) is 0 Å². The molecule has 10 rings (SSSR count). The van der Waals surface area contributed by atoms with Gasteiger partial charge in [-0.1, -0.05) is 232 Å². The van der Waals surface area contributed by atoms with Crippen LogP contribution in [-0.4, -0.2) is 125 Å². The molecule has 27 heteroatoms. The minimum Gasteiger partial charge on any atom is -0.265 e. The first-order valence-corrected chi connectivity index (χ1v) is 34.1. The Kier molecular flexibility index (Phi) is 241. The summed E-state index contributed by atoms with van der Waals surface area (Å²) in [6.07, 6.45) is 30.2. The maximum Gasteiger partial charge on any atom is 0.171 e. The highest BCUT2D eigenvalue weighted by Crippen LogP contribution is 1.80. The van der Waals surface area contributed by atoms with Crippen molar-refractivity contribution in [2.75, 3.05) is 0 Å². The molecule has 0 N–H and O–H groups in total. The van der Waals surface area contributed by atoms with E-state index < -0.39 is 0 Å². The SMILES string of the molecule is CC.CC.CC.CC.CC.CC.CC.CC.CC.CC.CC.CC.CC.CC.CC.CC.Cc1nnn(C)n1.Cc1nnnn1C.c1ccncc1.c1ccnnc1.c1cnccn1.c1cncnc1.c1cnncn1.c1csnn1.c1ncncn1.c1ncsn1. The van der Waals surface area contributed by atoms with Crippen LogP contribution in [-0.2, 0) is 14.1 Å². The molecule has 0 amide bonds. The van der Waals surface area contributed by atoms with E-state index in [9.17, 15) is 0 Å². The highest BCUT2D eigenvalue weighted by atomic mass is 32.1. The zero-order chi connectivity index (χ0) is 75.1. The average Bonchev–Trinajstić information content (AvgIpc) is 4.77. The Bertz CT molecular complexity index is 1680. The molecule has 10 heterocycles. The standard InChI is InChI=1S/C5H5N.3C4H4N2.2C3H6N4.2C3H3N3.2C2H2N2S.16C2H6/c1-2-4-6-5-3-1;1-2-6-4-3-5-1;1-2-5-4-6-3-1;1-2-4-6-5-3-1;1-3-4-5-6-7(3)2;1-3-4-6-7(2)5-3;1-4-2-6-3-5-1;1-2-5-6-3-4-1;1-3-2-5-4-1;1-2-5-4-3-1;16*1-2/h1-5H;3*1-4H;2*1-2H3;2*1-3H;2*1-2H;16*1-2H3. The van der Waals surface area contributed by atoms with Crippen molar-refractivity contribution < 1.29 is 0 Å². The van der Waals surface area contributed by atoms with Crippen LogP contribution in [0.2, 0.25) is 0 Å². The number of tetrazole rings is 2. The molecule has 0 unspecified atom stereocenters. The lowest BCUT2D eigenvalue weighted by Crippen LogP contribution is -1.92. The van der Waals surface area contributed by atoms with E-state index in [1.54, 1.807) is 112 Å². The number of hydrogen-bond acceptors (Lipinski definition) is 25. The molecule has 92 heavy (non-hydrogen) atoms. The lowest BCUT2D eigenvalue weighted by atomic mass is 10.5. The minimum absolute atomic E-state index is 0.711. The second kappa shape index (κ2) is 178. The van der Waals surface area contributed by atoms with Crippen molar-refractivity contribution >= 4 is 23.1 Å². The quantitative estimate of drug-likeness (QED) is 0.136. The zero-order valence-electron chi connectivity index (χ0n) is 64.6. The Labute approximate surface area is 571 Å². The molecule has 0 aliphatic carbocycles. The van der Waals surface area contributed by atoms with E-state index in [2.05, 4.69) is 115 Å². The summed E-state index contributed by atoms with van der Waals surface area (Å²) in [6, 6.07) is 11.1. The molecule has 0 bridgehead atoms. The van der Waals surface area contributed by atoms with E-state index >= 15 is 0 Å². The normalized spacial score (nSPS) is 6.48. The third-order valence-electron chi connectivity index (χ3n) is 4.81. The lowest BCUT2D eigenvalue weighted by Gasteiger charge is -1.81. The van der Waals surface area contributed by atoms with E-state index in [-0.39, 0.29) is 0 Å². The summed E-state index contributed by atoms with van der Waals surface area (Å²) in [5.41, 5.74) is 1.68. The topological polar surface area (TPSA) is 306 Å². The fraction of sp³-hybridized carbons (Fsp3) is 0.554. The first-order valence-electron chi connectivity index (χ1n) is 32.5. The molecule has 0 saturated heterocycles. The molecule has 0 aliphatic heterocycles. The lowest BCUT2D eigenvalue weighted by molar-refractivity contribution is 0.629. The fourth-order valence-corrected chi connectivity index (χ4v) is 2.95. The van der Waals surface area contributed by atoms with Gasteiger partial charge in [-0.05, 0) is 82.9 Å². The van der Waals surface area contributed by atoms with Crippen LogP contribution in [0.25, 0.3) is 0 Å². The zero-order valence-corrected chi connectivity index (χ0v) is 66.2. The fourth-order valence-electron chi connectivity index (χ4n) is 2.41. The third-order valence-corrected chi connectivity index (χ3v) is 5.68. The number of nitrogens with zero attached hydrogens (tertiary/aromatic N) is 25. The molecule has 0 fully saturated rings. The molecule has 532 valence electrons. The van der Waals surface area contributed by atoms with Gasteiger partial charge >= 0.3 is 0 Å². The van der Waals surface area contributed by atoms with Crippen molar-refractivity contribution in [3.8, 4) is 0 Å². The van der Waals surface area contributed by atoms with Crippen molar-refractivity contribution in [3.05, 3.63) is 177 Å². The number of aromatic nitrogens is 25. The van der Waals surface area contributed by atoms with Crippen molar-refractivity contribution in [2.45, 2.75) is 235 Å². The molecular weight excluding hydrogens is 1200 g/mol. The van der Waals surface area contributed by atoms with Crippen LogP contribution in [0, 0.1) is 13.8 Å². The van der Waals surface area contributed by atoms with Crippen LogP contribution >= 0.6 is 23.1 Å². The average molecular weight is 1330 g/mol. The first kappa shape index (κ1) is 125. The van der Waals surface area contributed by atoms with Crippen molar-refractivity contribution in [1.29, 1.82) is 0 Å². The van der Waals surface area contributed by atoms with Crippen LogP contribution in [0.3, 0.4) is 0 Å². The molecular formula is C65H135N25S2. The van der Waals surface area contributed by atoms with Gasteiger partial charge in [0.2, 0.25) is 0 Å². The van der Waals surface area contributed by atoms with Gasteiger partial charge in [0.1, 0.15) is 49.3 Å². The summed E-state index contributed by atoms with van der Waals surface area (Å²) in [5.74, 6) is 1.54. The van der Waals surface area contributed by atoms with Gasteiger partial charge in [-0.3, -0.25) is 15.0 Å². The van der Waals surface area contributed by atoms with Gasteiger partial charge in [-0.15, -0.1) is 25.5 Å². The predicted octanol–water partition coefficient (Wildman–Crippen LogP) is 18.8. The van der Waals surface area contributed by atoms with Gasteiger partial charge in [0.25, 0.3) is 0 Å². The highest BCUT2D eigenvalue weighted by molar-refractivity contribution is 7.03. The van der Waals surface area contributed by atoms with Gasteiger partial charge in [-0.2, -0.15) is 24.5 Å².